The molecule has 0 aliphatic heterocycles. The Morgan fingerprint density at radius 1 is 1.11 bits per heavy atom. The van der Waals surface area contributed by atoms with Crippen molar-refractivity contribution >= 4 is 27.3 Å². The highest BCUT2D eigenvalue weighted by Crippen LogP contribution is 2.32. The molecule has 1 unspecified atom stereocenters. The maximum absolute atomic E-state index is 10.3. The molecule has 0 amide bonds. The molecule has 0 bridgehead atoms. The topological polar surface area (TPSA) is 20.2 Å². The average molecular weight is 325 g/mol. The molecule has 1 atom stereocenters. The van der Waals surface area contributed by atoms with Crippen molar-refractivity contribution in [3.63, 3.8) is 0 Å². The lowest BCUT2D eigenvalue weighted by atomic mass is 10.0. The third kappa shape index (κ3) is 3.02. The van der Waals surface area contributed by atoms with Gasteiger partial charge >= 0.3 is 0 Å². The Hall–Kier alpha value is -0.640. The monoisotopic (exact) mass is 324 g/mol. The molecular weight excluding hydrogens is 308 g/mol. The van der Waals surface area contributed by atoms with E-state index in [0.717, 1.165) is 8.66 Å². The molecule has 2 rings (SSSR count). The average Bonchev–Trinajstić information content (AvgIpc) is 2.65. The number of benzene rings is 1. The summed E-state index contributed by atoms with van der Waals surface area (Å²) in [5.41, 5.74) is 4.95. The lowest BCUT2D eigenvalue weighted by molar-refractivity contribution is 0.182. The zero-order chi connectivity index (χ0) is 13.3. The summed E-state index contributed by atoms with van der Waals surface area (Å²) < 4.78 is 1.11. The summed E-state index contributed by atoms with van der Waals surface area (Å²) in [5, 5.41) is 10.3. The van der Waals surface area contributed by atoms with Crippen molar-refractivity contribution in [1.82, 2.24) is 0 Å². The molecule has 0 spiro atoms. The normalized spacial score (nSPS) is 12.7. The van der Waals surface area contributed by atoms with Gasteiger partial charge < -0.3 is 5.11 Å². The van der Waals surface area contributed by atoms with E-state index in [2.05, 4.69) is 54.0 Å². The van der Waals surface area contributed by atoms with Crippen LogP contribution in [0.25, 0.3) is 0 Å². The van der Waals surface area contributed by atoms with Gasteiger partial charge in [-0.1, -0.05) is 18.2 Å². The molecule has 1 N–H and O–H groups in total. The SMILES string of the molecule is Cc1ccc(CC(O)c2cc(C)c(Br)s2)cc1C. The largest absolute Gasteiger partial charge is 0.387 e. The van der Waals surface area contributed by atoms with Crippen molar-refractivity contribution in [2.45, 2.75) is 33.3 Å². The van der Waals surface area contributed by atoms with E-state index in [1.807, 2.05) is 6.92 Å². The molecule has 0 aliphatic carbocycles. The lowest BCUT2D eigenvalue weighted by Gasteiger charge is -2.10. The molecule has 1 nitrogen and oxygen atoms in total. The minimum absolute atomic E-state index is 0.415. The van der Waals surface area contributed by atoms with Crippen molar-refractivity contribution in [3.8, 4) is 0 Å². The number of aliphatic hydroxyl groups excluding tert-OH is 1. The fourth-order valence-electron chi connectivity index (χ4n) is 1.90. The van der Waals surface area contributed by atoms with E-state index in [1.54, 1.807) is 11.3 Å². The number of hydrogen-bond donors (Lipinski definition) is 1. The van der Waals surface area contributed by atoms with Crippen LogP contribution in [0, 0.1) is 20.8 Å². The van der Waals surface area contributed by atoms with Gasteiger partial charge in [0.05, 0.1) is 9.89 Å². The second-order valence-electron chi connectivity index (χ2n) is 4.74. The first-order valence-electron chi connectivity index (χ1n) is 5.97. The van der Waals surface area contributed by atoms with Crippen molar-refractivity contribution in [1.29, 1.82) is 0 Å². The highest BCUT2D eigenvalue weighted by Gasteiger charge is 2.13. The maximum atomic E-state index is 10.3. The van der Waals surface area contributed by atoms with E-state index in [-0.39, 0.29) is 0 Å². The van der Waals surface area contributed by atoms with Gasteiger partial charge in [0.1, 0.15) is 0 Å². The number of hydrogen-bond acceptors (Lipinski definition) is 2. The lowest BCUT2D eigenvalue weighted by Crippen LogP contribution is -2.00. The summed E-state index contributed by atoms with van der Waals surface area (Å²) in [4.78, 5) is 1.03. The molecule has 18 heavy (non-hydrogen) atoms. The van der Waals surface area contributed by atoms with Crippen molar-refractivity contribution in [3.05, 3.63) is 55.2 Å². The number of aryl methyl sites for hydroxylation is 3. The fourth-order valence-corrected chi connectivity index (χ4v) is 3.46. The summed E-state index contributed by atoms with van der Waals surface area (Å²) >= 11 is 5.11. The summed E-state index contributed by atoms with van der Waals surface area (Å²) in [6.07, 6.45) is 0.259. The molecule has 0 aliphatic rings. The summed E-state index contributed by atoms with van der Waals surface area (Å²) in [7, 11) is 0. The molecule has 0 radical (unpaired) electrons. The van der Waals surface area contributed by atoms with Crippen molar-refractivity contribution in [2.24, 2.45) is 0 Å². The Morgan fingerprint density at radius 2 is 1.83 bits per heavy atom. The van der Waals surface area contributed by atoms with Crippen molar-refractivity contribution < 1.29 is 5.11 Å². The van der Waals surface area contributed by atoms with Gasteiger partial charge in [-0.2, -0.15) is 0 Å². The van der Waals surface area contributed by atoms with Crippen LogP contribution in [0.3, 0.4) is 0 Å². The number of rotatable bonds is 3. The van der Waals surface area contributed by atoms with Crippen LogP contribution in [0.2, 0.25) is 0 Å². The van der Waals surface area contributed by atoms with E-state index in [1.165, 1.54) is 22.3 Å². The third-order valence-electron chi connectivity index (χ3n) is 3.21. The molecule has 1 heterocycles. The molecule has 2 aromatic rings. The number of thiophene rings is 1. The quantitative estimate of drug-likeness (QED) is 0.866. The summed E-state index contributed by atoms with van der Waals surface area (Å²) in [6.45, 7) is 6.26. The van der Waals surface area contributed by atoms with Gasteiger partial charge in [0.15, 0.2) is 0 Å². The third-order valence-corrected chi connectivity index (χ3v) is 5.44. The Balaban J connectivity index is 2.15. The van der Waals surface area contributed by atoms with E-state index in [4.69, 9.17) is 0 Å². The first-order valence-corrected chi connectivity index (χ1v) is 7.58. The maximum Gasteiger partial charge on any atom is 0.0922 e. The van der Waals surface area contributed by atoms with Gasteiger partial charge in [-0.05, 0) is 65.0 Å². The Labute approximate surface area is 121 Å². The highest BCUT2D eigenvalue weighted by molar-refractivity contribution is 9.11. The summed E-state index contributed by atoms with van der Waals surface area (Å²) in [6, 6.07) is 8.43. The first kappa shape index (κ1) is 13.8. The van der Waals surface area contributed by atoms with Crippen molar-refractivity contribution in [2.75, 3.05) is 0 Å². The highest BCUT2D eigenvalue weighted by atomic mass is 79.9. The Kier molecular flexibility index (Phi) is 4.25. The zero-order valence-electron chi connectivity index (χ0n) is 10.8. The van der Waals surface area contributed by atoms with Crippen LogP contribution in [0.15, 0.2) is 28.1 Å². The van der Waals surface area contributed by atoms with Gasteiger partial charge in [0.25, 0.3) is 0 Å². The predicted octanol–water partition coefficient (Wildman–Crippen LogP) is 4.71. The van der Waals surface area contributed by atoms with Crippen LogP contribution < -0.4 is 0 Å². The molecular formula is C15H17BrOS. The van der Waals surface area contributed by atoms with Crippen LogP contribution in [0.1, 0.15) is 33.2 Å². The molecule has 0 saturated carbocycles. The van der Waals surface area contributed by atoms with Gasteiger partial charge in [0.2, 0.25) is 0 Å². The van der Waals surface area contributed by atoms with Gasteiger partial charge in [-0.25, -0.2) is 0 Å². The Bertz CT molecular complexity index is 540. The van der Waals surface area contributed by atoms with Crippen LogP contribution in [-0.4, -0.2) is 5.11 Å². The minimum Gasteiger partial charge on any atom is -0.387 e. The molecule has 0 saturated heterocycles. The fraction of sp³-hybridized carbons (Fsp3) is 0.333. The Morgan fingerprint density at radius 3 is 2.39 bits per heavy atom. The molecule has 1 aromatic heterocycles. The second-order valence-corrected chi connectivity index (χ2v) is 7.15. The van der Waals surface area contributed by atoms with E-state index >= 15 is 0 Å². The smallest absolute Gasteiger partial charge is 0.0922 e. The predicted molar refractivity (Wildman–Crippen MR) is 81.3 cm³/mol. The summed E-state index contributed by atoms with van der Waals surface area (Å²) in [5.74, 6) is 0. The van der Waals surface area contributed by atoms with Crippen LogP contribution in [0.5, 0.6) is 0 Å². The molecule has 3 heteroatoms. The molecule has 1 aromatic carbocycles. The molecule has 0 fully saturated rings. The van der Waals surface area contributed by atoms with Gasteiger partial charge in [0, 0.05) is 11.3 Å². The number of aliphatic hydroxyl groups is 1. The van der Waals surface area contributed by atoms with Crippen LogP contribution in [-0.2, 0) is 6.42 Å². The van der Waals surface area contributed by atoms with Gasteiger partial charge in [-0.3, -0.25) is 0 Å². The number of halogens is 1. The minimum atomic E-state index is -0.415. The van der Waals surface area contributed by atoms with Crippen LogP contribution in [0.4, 0.5) is 0 Å². The van der Waals surface area contributed by atoms with Crippen LogP contribution >= 0.6 is 27.3 Å². The zero-order valence-corrected chi connectivity index (χ0v) is 13.2. The van der Waals surface area contributed by atoms with E-state index < -0.39 is 6.10 Å². The van der Waals surface area contributed by atoms with E-state index in [0.29, 0.717) is 6.42 Å². The second kappa shape index (κ2) is 5.55. The molecule has 96 valence electrons. The first-order chi connectivity index (χ1) is 8.47. The van der Waals surface area contributed by atoms with E-state index in [9.17, 15) is 5.11 Å². The standard InChI is InChI=1S/C15H17BrOS/c1-9-4-5-12(6-10(9)2)8-13(17)14-7-11(3)15(16)18-14/h4-7,13,17H,8H2,1-3H3. The van der Waals surface area contributed by atoms with Gasteiger partial charge in [-0.15, -0.1) is 11.3 Å².